The first-order valence-electron chi connectivity index (χ1n) is 26.8. The van der Waals surface area contributed by atoms with Gasteiger partial charge in [-0.05, 0) is 86.7 Å². The Morgan fingerprint density at radius 3 is 2.10 bits per heavy atom. The number of urea groups is 1. The van der Waals surface area contributed by atoms with Gasteiger partial charge in [0.15, 0.2) is 11.6 Å². The van der Waals surface area contributed by atoms with Gasteiger partial charge in [-0.15, -0.1) is 0 Å². The minimum absolute atomic E-state index is 0.0518. The molecule has 0 bridgehead atoms. The van der Waals surface area contributed by atoms with Crippen LogP contribution in [0.3, 0.4) is 0 Å². The summed E-state index contributed by atoms with van der Waals surface area (Å²) in [6.45, 7) is 8.26. The maximum absolute atomic E-state index is 14.6. The van der Waals surface area contributed by atoms with E-state index in [-0.39, 0.29) is 104 Å². The summed E-state index contributed by atoms with van der Waals surface area (Å²) in [6, 6.07) is 17.0. The van der Waals surface area contributed by atoms with Crippen molar-refractivity contribution in [3.8, 4) is 11.5 Å². The number of pyridine rings is 1. The molecule has 3 unspecified atom stereocenters. The van der Waals surface area contributed by atoms with E-state index in [9.17, 15) is 33.2 Å². The average Bonchev–Trinajstić information content (AvgIpc) is 4.04. The molecule has 2 fully saturated rings. The summed E-state index contributed by atoms with van der Waals surface area (Å²) < 4.78 is 42.9. The molecule has 2 aromatic carbocycles. The van der Waals surface area contributed by atoms with Crippen LogP contribution in [0.25, 0.3) is 0 Å². The highest BCUT2D eigenvalue weighted by molar-refractivity contribution is 8.00. The topological polar surface area (TPSA) is 287 Å². The van der Waals surface area contributed by atoms with Crippen LogP contribution < -0.4 is 47.3 Å². The molecule has 0 radical (unpaired) electrons. The number of carbonyl (C=O) groups is 6. The van der Waals surface area contributed by atoms with E-state index in [1.54, 1.807) is 61.6 Å². The van der Waals surface area contributed by atoms with Crippen molar-refractivity contribution >= 4 is 76.2 Å². The van der Waals surface area contributed by atoms with Crippen LogP contribution in [-0.2, 0) is 38.1 Å². The lowest BCUT2D eigenvalue weighted by Crippen LogP contribution is -2.36. The summed E-state index contributed by atoms with van der Waals surface area (Å²) in [5.41, 5.74) is 1.75. The van der Waals surface area contributed by atoms with E-state index in [1.807, 2.05) is 11.8 Å². The minimum atomic E-state index is -0.679. The lowest BCUT2D eigenvalue weighted by molar-refractivity contribution is -0.123. The molecule has 25 heteroatoms. The Morgan fingerprint density at radius 1 is 0.725 bits per heavy atom. The van der Waals surface area contributed by atoms with Crippen molar-refractivity contribution in [2.45, 2.75) is 75.1 Å². The summed E-state index contributed by atoms with van der Waals surface area (Å²) in [4.78, 5) is 87.0. The third-order valence-electron chi connectivity index (χ3n) is 12.3. The Bertz CT molecular complexity index is 2640. The van der Waals surface area contributed by atoms with E-state index in [4.69, 9.17) is 23.7 Å². The fraction of sp³-hybridized carbons (Fsp3) is 0.473. The average molecular weight is 1130 g/mol. The van der Waals surface area contributed by atoms with Gasteiger partial charge in [0, 0.05) is 106 Å². The first-order chi connectivity index (χ1) is 38.9. The van der Waals surface area contributed by atoms with Crippen LogP contribution in [0.2, 0.25) is 0 Å². The van der Waals surface area contributed by atoms with E-state index in [0.29, 0.717) is 106 Å². The smallest absolute Gasteiger partial charge is 0.315 e. The van der Waals surface area contributed by atoms with Gasteiger partial charge in [0.2, 0.25) is 29.6 Å². The number of benzene rings is 2. The number of carbonyl (C=O) groups excluding carboxylic acids is 6. The summed E-state index contributed by atoms with van der Waals surface area (Å²) >= 11 is 1.89. The SMILES string of the molecule is C=CC(=O)Nc1cccc(Nc2nc(Nc3ccc(Oc4ccnc(C(=O)N(C)CCOCCNC(=O)CCCC(=O)NCCCOCCOCCOCCCNC(=O)CCCCC5SCC6NC(=O)NC65)c4)cc3)ncc2F)c1. The number of nitrogens with one attached hydrogen (secondary N) is 8. The molecule has 4 aromatic rings. The van der Waals surface area contributed by atoms with Crippen LogP contribution >= 0.6 is 11.8 Å². The van der Waals surface area contributed by atoms with Crippen molar-refractivity contribution in [3.63, 3.8) is 0 Å². The maximum atomic E-state index is 14.6. The van der Waals surface area contributed by atoms with E-state index in [0.717, 1.165) is 43.7 Å². The summed E-state index contributed by atoms with van der Waals surface area (Å²) in [5, 5.41) is 23.5. The molecule has 2 aliphatic rings. The molecule has 3 atom stereocenters. The molecule has 6 rings (SSSR count). The van der Waals surface area contributed by atoms with Crippen molar-refractivity contribution in [2.75, 3.05) is 108 Å². The predicted octanol–water partition coefficient (Wildman–Crippen LogP) is 5.58. The zero-order valence-electron chi connectivity index (χ0n) is 45.1. The molecular weight excluding hydrogens is 1060 g/mol. The number of thioether (sulfide) groups is 1. The van der Waals surface area contributed by atoms with Crippen molar-refractivity contribution < 1.29 is 56.8 Å². The number of hydrogen-bond acceptors (Lipinski definition) is 17. The standard InChI is InChI=1S/C55H73FN12O11S/c1-3-47(69)62-39-10-6-11-40(34-39)63-52-43(56)36-61-54(67-52)64-38-16-18-41(19-17-38)79-42-20-23-57-44(35-42)53(73)68(2)25-29-77-28-24-60-50(72)15-7-14-49(71)59-22-9-27-76-31-33-78-32-30-75-26-8-21-58-48(70)13-5-4-12-46-51-45(37-80-46)65-55(74)66-51/h3,6,10-11,16-20,23,34-36,45-46,51H,1,4-5,7-9,12-15,21-22,24-33,37H2,2H3,(H,58,70)(H,59,71)(H,60,72)(H,62,69)(H2,65,66,74)(H2,61,63,64,67). The number of fused-ring (bicyclic) bond motifs is 1. The predicted molar refractivity (Wildman–Crippen MR) is 301 cm³/mol. The number of ether oxygens (including phenoxy) is 5. The fourth-order valence-electron chi connectivity index (χ4n) is 8.14. The number of halogens is 1. The number of nitrogens with zero attached hydrogens (tertiary/aromatic N) is 4. The summed E-state index contributed by atoms with van der Waals surface area (Å²) in [7, 11) is 1.63. The molecule has 0 saturated carbocycles. The van der Waals surface area contributed by atoms with Gasteiger partial charge in [-0.3, -0.25) is 29.0 Å². The van der Waals surface area contributed by atoms with Gasteiger partial charge < -0.3 is 71.1 Å². The highest BCUT2D eigenvalue weighted by Gasteiger charge is 2.42. The summed E-state index contributed by atoms with van der Waals surface area (Å²) in [6.07, 6.45) is 9.15. The van der Waals surface area contributed by atoms with E-state index >= 15 is 0 Å². The van der Waals surface area contributed by atoms with E-state index < -0.39 is 5.82 Å². The van der Waals surface area contributed by atoms with Gasteiger partial charge in [0.1, 0.15) is 17.2 Å². The number of aromatic nitrogens is 3. The van der Waals surface area contributed by atoms with Gasteiger partial charge >= 0.3 is 6.03 Å². The van der Waals surface area contributed by atoms with Crippen LogP contribution in [0.4, 0.5) is 38.0 Å². The molecule has 0 spiro atoms. The molecule has 432 valence electrons. The molecule has 2 saturated heterocycles. The van der Waals surface area contributed by atoms with Gasteiger partial charge in [-0.2, -0.15) is 16.7 Å². The van der Waals surface area contributed by atoms with Gasteiger partial charge in [0.25, 0.3) is 5.91 Å². The Labute approximate surface area is 469 Å². The minimum Gasteiger partial charge on any atom is -0.457 e. The number of unbranched alkanes of at least 4 members (excludes halogenated alkanes) is 1. The molecule has 80 heavy (non-hydrogen) atoms. The number of hydrogen-bond donors (Lipinski definition) is 8. The second-order valence-electron chi connectivity index (χ2n) is 18.6. The first-order valence-corrected chi connectivity index (χ1v) is 27.9. The second-order valence-corrected chi connectivity index (χ2v) is 19.8. The molecule has 2 aliphatic heterocycles. The molecule has 7 amide bonds. The Morgan fingerprint density at radius 2 is 1.39 bits per heavy atom. The zero-order chi connectivity index (χ0) is 56.7. The lowest BCUT2D eigenvalue weighted by atomic mass is 10.0. The maximum Gasteiger partial charge on any atom is 0.315 e. The quantitative estimate of drug-likeness (QED) is 0.0154. The van der Waals surface area contributed by atoms with Crippen LogP contribution in [0, 0.1) is 5.82 Å². The van der Waals surface area contributed by atoms with Crippen molar-refractivity contribution in [3.05, 3.63) is 97.2 Å². The van der Waals surface area contributed by atoms with Crippen LogP contribution in [0.1, 0.15) is 68.3 Å². The normalized spacial score (nSPS) is 15.2. The molecule has 0 aliphatic carbocycles. The van der Waals surface area contributed by atoms with Crippen LogP contribution in [-0.4, -0.2) is 165 Å². The van der Waals surface area contributed by atoms with Crippen LogP contribution in [0.15, 0.2) is 85.7 Å². The number of rotatable bonds is 38. The van der Waals surface area contributed by atoms with E-state index in [2.05, 4.69) is 64.1 Å². The Balaban J connectivity index is 0.704. The Hall–Kier alpha value is -7.45. The molecule has 2 aromatic heterocycles. The molecule has 23 nitrogen and oxygen atoms in total. The van der Waals surface area contributed by atoms with E-state index in [1.165, 1.54) is 17.2 Å². The molecular formula is C55H73FN12O11S. The number of amides is 7. The monoisotopic (exact) mass is 1130 g/mol. The summed E-state index contributed by atoms with van der Waals surface area (Å²) in [5.74, 6) is 0.191. The Kier molecular flexibility index (Phi) is 26.7. The highest BCUT2D eigenvalue weighted by atomic mass is 32.2. The number of anilines is 5. The van der Waals surface area contributed by atoms with Crippen LogP contribution in [0.5, 0.6) is 11.5 Å². The highest BCUT2D eigenvalue weighted by Crippen LogP contribution is 2.33. The fourth-order valence-corrected chi connectivity index (χ4v) is 9.68. The lowest BCUT2D eigenvalue weighted by Gasteiger charge is -2.17. The second kappa shape index (κ2) is 34.5. The van der Waals surface area contributed by atoms with Gasteiger partial charge in [-0.25, -0.2) is 14.2 Å². The molecule has 8 N–H and O–H groups in total. The van der Waals surface area contributed by atoms with Crippen molar-refractivity contribution in [1.29, 1.82) is 0 Å². The third-order valence-corrected chi connectivity index (χ3v) is 13.8. The number of likely N-dealkylation sites (N-methyl/N-ethyl adjacent to an activating group) is 1. The van der Waals surface area contributed by atoms with Gasteiger partial charge in [-0.1, -0.05) is 19.1 Å². The zero-order valence-corrected chi connectivity index (χ0v) is 45.9. The van der Waals surface area contributed by atoms with Crippen molar-refractivity contribution in [1.82, 2.24) is 46.4 Å². The largest absolute Gasteiger partial charge is 0.457 e. The van der Waals surface area contributed by atoms with Gasteiger partial charge in [0.05, 0.1) is 57.9 Å². The molecule has 4 heterocycles. The third kappa shape index (κ3) is 22.7. The van der Waals surface area contributed by atoms with Crippen molar-refractivity contribution in [2.24, 2.45) is 0 Å². The first kappa shape index (κ1) is 61.8.